The molecule has 2 rings (SSSR count). The van der Waals surface area contributed by atoms with Gasteiger partial charge in [-0.15, -0.1) is 11.6 Å². The fourth-order valence-electron chi connectivity index (χ4n) is 1.99. The minimum atomic E-state index is -0.421. The number of aromatic nitrogens is 2. The fourth-order valence-corrected chi connectivity index (χ4v) is 2.32. The lowest BCUT2D eigenvalue weighted by molar-refractivity contribution is 0.609. The molecule has 1 heterocycles. The lowest BCUT2D eigenvalue weighted by atomic mass is 10.3. The number of hydrogen-bond donors (Lipinski definition) is 0. The van der Waals surface area contributed by atoms with Crippen LogP contribution in [0.5, 0.6) is 0 Å². The van der Waals surface area contributed by atoms with Crippen molar-refractivity contribution in [2.75, 3.05) is 0 Å². The number of fused-ring (bicyclic) bond motifs is 1. The Morgan fingerprint density at radius 3 is 2.78 bits per heavy atom. The van der Waals surface area contributed by atoms with Gasteiger partial charge in [-0.3, -0.25) is 0 Å². The number of aryl methyl sites for hydroxylation is 1. The first-order valence-electron chi connectivity index (χ1n) is 6.03. The molecule has 1 aromatic heterocycles. The number of nitrogens with zero attached hydrogens (tertiary/aromatic N) is 2. The van der Waals surface area contributed by atoms with E-state index in [4.69, 9.17) is 23.2 Å². The smallest absolute Gasteiger partial charge is 0.144 e. The minimum absolute atomic E-state index is 0.0939. The number of imidazole rings is 1. The summed E-state index contributed by atoms with van der Waals surface area (Å²) in [5, 5.41) is -0.118. The van der Waals surface area contributed by atoms with Gasteiger partial charge < -0.3 is 4.57 Å². The molecule has 0 aliphatic carbocycles. The standard InChI is InChI=1S/C13H15Cl2FN2/c1-3-4-5-18-12-7-10(16)9(15)6-11(12)17-13(18)8(2)14/h6-8H,3-5H2,1-2H3. The van der Waals surface area contributed by atoms with E-state index in [0.717, 1.165) is 30.7 Å². The number of halogens is 3. The number of unbranched alkanes of at least 4 members (excludes halogenated alkanes) is 1. The summed E-state index contributed by atoms with van der Waals surface area (Å²) < 4.78 is 15.5. The second-order valence-electron chi connectivity index (χ2n) is 4.35. The molecule has 0 N–H and O–H groups in total. The molecule has 2 nitrogen and oxygen atoms in total. The van der Waals surface area contributed by atoms with Crippen LogP contribution in [0.2, 0.25) is 5.02 Å². The summed E-state index contributed by atoms with van der Waals surface area (Å²) >= 11 is 11.9. The largest absolute Gasteiger partial charge is 0.327 e. The zero-order valence-electron chi connectivity index (χ0n) is 10.4. The average Bonchev–Trinajstić information content (AvgIpc) is 2.65. The van der Waals surface area contributed by atoms with Crippen molar-refractivity contribution < 1.29 is 4.39 Å². The predicted molar refractivity (Wildman–Crippen MR) is 73.9 cm³/mol. The van der Waals surface area contributed by atoms with E-state index < -0.39 is 5.82 Å². The summed E-state index contributed by atoms with van der Waals surface area (Å²) in [5.41, 5.74) is 1.45. The van der Waals surface area contributed by atoms with Gasteiger partial charge in [0.05, 0.1) is 21.4 Å². The molecule has 2 aromatic rings. The third kappa shape index (κ3) is 2.47. The second-order valence-corrected chi connectivity index (χ2v) is 5.41. The first kappa shape index (κ1) is 13.6. The molecule has 0 aliphatic heterocycles. The van der Waals surface area contributed by atoms with Crippen LogP contribution in [-0.2, 0) is 6.54 Å². The predicted octanol–water partition coefficient (Wildman–Crippen LogP) is 4.93. The molecule has 0 spiro atoms. The van der Waals surface area contributed by atoms with E-state index in [-0.39, 0.29) is 10.4 Å². The first-order valence-corrected chi connectivity index (χ1v) is 6.85. The molecule has 5 heteroatoms. The Bertz CT molecular complexity index is 564. The van der Waals surface area contributed by atoms with Crippen LogP contribution in [0.1, 0.15) is 37.9 Å². The third-order valence-corrected chi connectivity index (χ3v) is 3.40. The van der Waals surface area contributed by atoms with Crippen molar-refractivity contribution in [3.8, 4) is 0 Å². The zero-order valence-corrected chi connectivity index (χ0v) is 11.9. The highest BCUT2D eigenvalue weighted by molar-refractivity contribution is 6.31. The van der Waals surface area contributed by atoms with E-state index in [1.54, 1.807) is 6.07 Å². The van der Waals surface area contributed by atoms with Gasteiger partial charge in [0.1, 0.15) is 11.6 Å². The molecular weight excluding hydrogens is 274 g/mol. The molecule has 0 bridgehead atoms. The van der Waals surface area contributed by atoms with Crippen LogP contribution in [-0.4, -0.2) is 9.55 Å². The Labute approximate surface area is 116 Å². The highest BCUT2D eigenvalue weighted by Gasteiger charge is 2.16. The molecule has 1 aromatic carbocycles. The van der Waals surface area contributed by atoms with E-state index in [2.05, 4.69) is 11.9 Å². The van der Waals surface area contributed by atoms with E-state index >= 15 is 0 Å². The van der Waals surface area contributed by atoms with Gasteiger partial charge in [-0.1, -0.05) is 24.9 Å². The zero-order chi connectivity index (χ0) is 13.3. The second kappa shape index (κ2) is 5.45. The summed E-state index contributed by atoms with van der Waals surface area (Å²) in [6.45, 7) is 4.77. The lowest BCUT2D eigenvalue weighted by Gasteiger charge is -2.09. The van der Waals surface area contributed by atoms with Gasteiger partial charge in [0.15, 0.2) is 0 Å². The summed E-state index contributed by atoms with van der Waals surface area (Å²) in [4.78, 5) is 4.45. The SMILES string of the molecule is CCCCn1c(C(C)Cl)nc2cc(Cl)c(F)cc21. The van der Waals surface area contributed by atoms with Gasteiger partial charge in [0.2, 0.25) is 0 Å². The van der Waals surface area contributed by atoms with Crippen LogP contribution in [0.3, 0.4) is 0 Å². The quantitative estimate of drug-likeness (QED) is 0.730. The summed E-state index contributed by atoms with van der Waals surface area (Å²) in [6.07, 6.45) is 2.07. The van der Waals surface area contributed by atoms with Crippen molar-refractivity contribution >= 4 is 34.2 Å². The molecule has 0 amide bonds. The molecule has 0 saturated carbocycles. The molecule has 0 fully saturated rings. The van der Waals surface area contributed by atoms with Crippen LogP contribution in [0.25, 0.3) is 11.0 Å². The average molecular weight is 289 g/mol. The van der Waals surface area contributed by atoms with E-state index in [1.165, 1.54) is 6.07 Å². The molecular formula is C13H15Cl2FN2. The Morgan fingerprint density at radius 1 is 1.44 bits per heavy atom. The van der Waals surface area contributed by atoms with Gasteiger partial charge in [0.25, 0.3) is 0 Å². The van der Waals surface area contributed by atoms with E-state index in [0.29, 0.717) is 5.52 Å². The van der Waals surface area contributed by atoms with Crippen molar-refractivity contribution in [1.29, 1.82) is 0 Å². The number of hydrogen-bond acceptors (Lipinski definition) is 1. The molecule has 0 saturated heterocycles. The summed E-state index contributed by atoms with van der Waals surface area (Å²) in [6, 6.07) is 2.99. The van der Waals surface area contributed by atoms with Crippen LogP contribution >= 0.6 is 23.2 Å². The van der Waals surface area contributed by atoms with Gasteiger partial charge in [-0.2, -0.15) is 0 Å². The van der Waals surface area contributed by atoms with Crippen LogP contribution in [0, 0.1) is 5.82 Å². The first-order chi connectivity index (χ1) is 8.54. The Hall–Kier alpha value is -0.800. The number of rotatable bonds is 4. The monoisotopic (exact) mass is 288 g/mol. The number of benzene rings is 1. The van der Waals surface area contributed by atoms with Crippen molar-refractivity contribution in [2.24, 2.45) is 0 Å². The van der Waals surface area contributed by atoms with Crippen molar-refractivity contribution in [1.82, 2.24) is 9.55 Å². The minimum Gasteiger partial charge on any atom is -0.327 e. The maximum Gasteiger partial charge on any atom is 0.144 e. The van der Waals surface area contributed by atoms with E-state index in [1.807, 2.05) is 11.5 Å². The van der Waals surface area contributed by atoms with Crippen LogP contribution in [0.4, 0.5) is 4.39 Å². The maximum atomic E-state index is 13.6. The van der Waals surface area contributed by atoms with Gasteiger partial charge in [-0.25, -0.2) is 9.37 Å². The lowest BCUT2D eigenvalue weighted by Crippen LogP contribution is -2.04. The highest BCUT2D eigenvalue weighted by Crippen LogP contribution is 2.28. The molecule has 1 unspecified atom stereocenters. The van der Waals surface area contributed by atoms with Crippen LogP contribution < -0.4 is 0 Å². The Balaban J connectivity index is 2.61. The van der Waals surface area contributed by atoms with Crippen molar-refractivity contribution in [2.45, 2.75) is 38.6 Å². The third-order valence-electron chi connectivity index (χ3n) is 2.91. The van der Waals surface area contributed by atoms with Gasteiger partial charge in [0, 0.05) is 12.6 Å². The fraction of sp³-hybridized carbons (Fsp3) is 0.462. The van der Waals surface area contributed by atoms with Crippen molar-refractivity contribution in [3.63, 3.8) is 0 Å². The highest BCUT2D eigenvalue weighted by atomic mass is 35.5. The van der Waals surface area contributed by atoms with E-state index in [9.17, 15) is 4.39 Å². The summed E-state index contributed by atoms with van der Waals surface area (Å²) in [7, 11) is 0. The normalized spacial score (nSPS) is 13.2. The maximum absolute atomic E-state index is 13.6. The summed E-state index contributed by atoms with van der Waals surface area (Å²) in [5.74, 6) is 0.345. The molecule has 98 valence electrons. The molecule has 1 atom stereocenters. The Kier molecular flexibility index (Phi) is 4.13. The Morgan fingerprint density at radius 2 is 2.17 bits per heavy atom. The molecule has 0 radical (unpaired) electrons. The van der Waals surface area contributed by atoms with Crippen molar-refractivity contribution in [3.05, 3.63) is 28.8 Å². The molecule has 18 heavy (non-hydrogen) atoms. The van der Waals surface area contributed by atoms with Gasteiger partial charge in [-0.05, 0) is 19.4 Å². The van der Waals surface area contributed by atoms with Gasteiger partial charge >= 0.3 is 0 Å². The topological polar surface area (TPSA) is 17.8 Å². The number of alkyl halides is 1. The van der Waals surface area contributed by atoms with Crippen LogP contribution in [0.15, 0.2) is 12.1 Å². The molecule has 0 aliphatic rings.